The zero-order chi connectivity index (χ0) is 22.2. The lowest BCUT2D eigenvalue weighted by molar-refractivity contribution is -0.122. The van der Waals surface area contributed by atoms with Crippen LogP contribution in [0.2, 0.25) is 0 Å². The Bertz CT molecular complexity index is 1030. The second-order valence-electron chi connectivity index (χ2n) is 7.54. The molecule has 5 heteroatoms. The number of rotatable bonds is 8. The van der Waals surface area contributed by atoms with Gasteiger partial charge in [-0.1, -0.05) is 55.5 Å². The Morgan fingerprint density at radius 2 is 1.55 bits per heavy atom. The standard InChI is InChI=1S/C26H28N2O3/c1-4-24(31-21-15-18(2)14-19(3)16-21)26(30)28-23-13-9-8-12-22(23)25(29)27-17-20-10-6-5-7-11-20/h5-16,24H,4,17H2,1-3H3,(H,27,29)(H,28,30)/t24-/m0/s1. The Kier molecular flexibility index (Phi) is 7.44. The van der Waals surface area contributed by atoms with E-state index in [9.17, 15) is 9.59 Å². The summed E-state index contributed by atoms with van der Waals surface area (Å²) in [5.41, 5.74) is 4.02. The van der Waals surface area contributed by atoms with Crippen LogP contribution in [0, 0.1) is 13.8 Å². The fourth-order valence-electron chi connectivity index (χ4n) is 3.36. The molecule has 0 saturated heterocycles. The molecule has 0 aromatic heterocycles. The second-order valence-corrected chi connectivity index (χ2v) is 7.54. The molecule has 0 spiro atoms. The van der Waals surface area contributed by atoms with Crippen molar-refractivity contribution in [1.82, 2.24) is 5.32 Å². The minimum Gasteiger partial charge on any atom is -0.481 e. The van der Waals surface area contributed by atoms with Crippen LogP contribution in [0.15, 0.2) is 72.8 Å². The van der Waals surface area contributed by atoms with E-state index in [0.29, 0.717) is 30.0 Å². The zero-order valence-electron chi connectivity index (χ0n) is 18.1. The topological polar surface area (TPSA) is 67.4 Å². The van der Waals surface area contributed by atoms with E-state index in [-0.39, 0.29) is 11.8 Å². The summed E-state index contributed by atoms with van der Waals surface area (Å²) in [5, 5.41) is 5.77. The molecule has 160 valence electrons. The van der Waals surface area contributed by atoms with Crippen molar-refractivity contribution in [3.63, 3.8) is 0 Å². The molecule has 0 heterocycles. The van der Waals surface area contributed by atoms with Gasteiger partial charge in [-0.05, 0) is 61.2 Å². The third kappa shape index (κ3) is 6.19. The van der Waals surface area contributed by atoms with Crippen molar-refractivity contribution in [3.8, 4) is 5.75 Å². The van der Waals surface area contributed by atoms with Gasteiger partial charge in [-0.25, -0.2) is 0 Å². The average Bonchev–Trinajstić information content (AvgIpc) is 2.76. The van der Waals surface area contributed by atoms with Crippen LogP contribution in [0.4, 0.5) is 5.69 Å². The van der Waals surface area contributed by atoms with Crippen molar-refractivity contribution in [2.24, 2.45) is 0 Å². The Balaban J connectivity index is 1.69. The van der Waals surface area contributed by atoms with Gasteiger partial charge in [-0.15, -0.1) is 0 Å². The maximum Gasteiger partial charge on any atom is 0.265 e. The number of nitrogens with one attached hydrogen (secondary N) is 2. The van der Waals surface area contributed by atoms with Gasteiger partial charge in [0.2, 0.25) is 0 Å². The highest BCUT2D eigenvalue weighted by molar-refractivity contribution is 6.04. The predicted molar refractivity (Wildman–Crippen MR) is 123 cm³/mol. The number of carbonyl (C=O) groups is 2. The van der Waals surface area contributed by atoms with Crippen molar-refractivity contribution >= 4 is 17.5 Å². The quantitative estimate of drug-likeness (QED) is 0.541. The van der Waals surface area contributed by atoms with Crippen molar-refractivity contribution < 1.29 is 14.3 Å². The smallest absolute Gasteiger partial charge is 0.265 e. The van der Waals surface area contributed by atoms with Crippen LogP contribution < -0.4 is 15.4 Å². The van der Waals surface area contributed by atoms with Gasteiger partial charge in [0.25, 0.3) is 11.8 Å². The summed E-state index contributed by atoms with van der Waals surface area (Å²) in [6.07, 6.45) is -0.164. The first-order chi connectivity index (χ1) is 15.0. The average molecular weight is 417 g/mol. The summed E-state index contributed by atoms with van der Waals surface area (Å²) in [5.74, 6) is 0.126. The minimum atomic E-state index is -0.665. The first kappa shape index (κ1) is 22.1. The van der Waals surface area contributed by atoms with Crippen LogP contribution in [-0.2, 0) is 11.3 Å². The van der Waals surface area contributed by atoms with E-state index >= 15 is 0 Å². The molecule has 0 fully saturated rings. The van der Waals surface area contributed by atoms with Crippen LogP contribution >= 0.6 is 0 Å². The molecule has 0 saturated carbocycles. The van der Waals surface area contributed by atoms with E-state index < -0.39 is 6.10 Å². The van der Waals surface area contributed by atoms with Gasteiger partial charge in [-0.3, -0.25) is 9.59 Å². The van der Waals surface area contributed by atoms with Crippen molar-refractivity contribution in [1.29, 1.82) is 0 Å². The van der Waals surface area contributed by atoms with Crippen LogP contribution in [0.1, 0.15) is 40.4 Å². The van der Waals surface area contributed by atoms with Gasteiger partial charge in [-0.2, -0.15) is 0 Å². The highest BCUT2D eigenvalue weighted by Gasteiger charge is 2.21. The zero-order valence-corrected chi connectivity index (χ0v) is 18.1. The summed E-state index contributed by atoms with van der Waals surface area (Å²) < 4.78 is 5.95. The van der Waals surface area contributed by atoms with Gasteiger partial charge in [0.05, 0.1) is 11.3 Å². The number of amides is 2. The Morgan fingerprint density at radius 3 is 2.23 bits per heavy atom. The molecule has 31 heavy (non-hydrogen) atoms. The lowest BCUT2D eigenvalue weighted by Crippen LogP contribution is -2.33. The molecule has 3 aromatic rings. The molecule has 2 amide bonds. The number of anilines is 1. The number of hydrogen-bond donors (Lipinski definition) is 2. The van der Waals surface area contributed by atoms with Crippen molar-refractivity contribution in [2.75, 3.05) is 5.32 Å². The van der Waals surface area contributed by atoms with Crippen molar-refractivity contribution in [2.45, 2.75) is 39.8 Å². The van der Waals surface area contributed by atoms with Gasteiger partial charge in [0, 0.05) is 6.54 Å². The lowest BCUT2D eigenvalue weighted by Gasteiger charge is -2.19. The van der Waals surface area contributed by atoms with Crippen LogP contribution in [0.5, 0.6) is 5.75 Å². The lowest BCUT2D eigenvalue weighted by atomic mass is 10.1. The molecule has 0 radical (unpaired) electrons. The number of para-hydroxylation sites is 1. The second kappa shape index (κ2) is 10.4. The molecule has 1 atom stereocenters. The fourth-order valence-corrected chi connectivity index (χ4v) is 3.36. The SMILES string of the molecule is CC[C@H](Oc1cc(C)cc(C)c1)C(=O)Nc1ccccc1C(=O)NCc1ccccc1. The van der Waals surface area contributed by atoms with Crippen LogP contribution in [0.3, 0.4) is 0 Å². The van der Waals surface area contributed by atoms with E-state index in [4.69, 9.17) is 4.74 Å². The molecule has 0 unspecified atom stereocenters. The maximum absolute atomic E-state index is 12.9. The van der Waals surface area contributed by atoms with Crippen LogP contribution in [0.25, 0.3) is 0 Å². The summed E-state index contributed by atoms with van der Waals surface area (Å²) in [4.78, 5) is 25.6. The molecule has 3 aromatic carbocycles. The Morgan fingerprint density at radius 1 is 0.903 bits per heavy atom. The number of ether oxygens (including phenoxy) is 1. The monoisotopic (exact) mass is 416 g/mol. The molecule has 5 nitrogen and oxygen atoms in total. The van der Waals surface area contributed by atoms with E-state index in [1.165, 1.54) is 0 Å². The fraction of sp³-hybridized carbons (Fsp3) is 0.231. The molecule has 2 N–H and O–H groups in total. The molecule has 3 rings (SSSR count). The highest BCUT2D eigenvalue weighted by Crippen LogP contribution is 2.20. The van der Waals surface area contributed by atoms with E-state index in [1.54, 1.807) is 24.3 Å². The number of aryl methyl sites for hydroxylation is 2. The van der Waals surface area contributed by atoms with E-state index in [2.05, 4.69) is 16.7 Å². The molecule has 0 aliphatic heterocycles. The highest BCUT2D eigenvalue weighted by atomic mass is 16.5. The maximum atomic E-state index is 12.9. The predicted octanol–water partition coefficient (Wildman–Crippen LogP) is 5.03. The molecule has 0 aliphatic rings. The minimum absolute atomic E-state index is 0.247. The Labute approximate surface area is 183 Å². The first-order valence-electron chi connectivity index (χ1n) is 10.4. The molecule has 0 bridgehead atoms. The number of carbonyl (C=O) groups excluding carboxylic acids is 2. The third-order valence-electron chi connectivity index (χ3n) is 4.86. The Hall–Kier alpha value is -3.60. The van der Waals surface area contributed by atoms with E-state index in [1.807, 2.05) is 63.2 Å². The van der Waals surface area contributed by atoms with Crippen molar-refractivity contribution in [3.05, 3.63) is 95.1 Å². The summed E-state index contributed by atoms with van der Waals surface area (Å²) >= 11 is 0. The summed E-state index contributed by atoms with van der Waals surface area (Å²) in [6.45, 7) is 6.29. The first-order valence-corrected chi connectivity index (χ1v) is 10.4. The molecular weight excluding hydrogens is 388 g/mol. The molecule has 0 aliphatic carbocycles. The largest absolute Gasteiger partial charge is 0.481 e. The molecular formula is C26H28N2O3. The number of benzene rings is 3. The normalized spacial score (nSPS) is 11.5. The number of hydrogen-bond acceptors (Lipinski definition) is 3. The van der Waals surface area contributed by atoms with Gasteiger partial charge < -0.3 is 15.4 Å². The van der Waals surface area contributed by atoms with Gasteiger partial charge in [0.15, 0.2) is 6.10 Å². The third-order valence-corrected chi connectivity index (χ3v) is 4.86. The van der Waals surface area contributed by atoms with Gasteiger partial charge >= 0.3 is 0 Å². The summed E-state index contributed by atoms with van der Waals surface area (Å²) in [7, 11) is 0. The van der Waals surface area contributed by atoms with Crippen LogP contribution in [-0.4, -0.2) is 17.9 Å². The van der Waals surface area contributed by atoms with E-state index in [0.717, 1.165) is 16.7 Å². The summed E-state index contributed by atoms with van der Waals surface area (Å²) in [6, 6.07) is 22.5. The van der Waals surface area contributed by atoms with Gasteiger partial charge in [0.1, 0.15) is 5.75 Å².